The molecule has 0 bridgehead atoms. The van der Waals surface area contributed by atoms with Crippen LogP contribution in [0.15, 0.2) is 65.4 Å². The predicted octanol–water partition coefficient (Wildman–Crippen LogP) is 2.55. The molecule has 1 aromatic carbocycles. The Balaban J connectivity index is 1.36. The van der Waals surface area contributed by atoms with Crippen molar-refractivity contribution in [2.75, 3.05) is 13.1 Å². The molecule has 5 heterocycles. The van der Waals surface area contributed by atoms with Gasteiger partial charge in [0, 0.05) is 18.7 Å². The van der Waals surface area contributed by atoms with Crippen molar-refractivity contribution in [3.8, 4) is 11.3 Å². The highest BCUT2D eigenvalue weighted by Crippen LogP contribution is 2.30. The zero-order valence-electron chi connectivity index (χ0n) is 18.7. The maximum Gasteiger partial charge on any atom is 0.322 e. The van der Waals surface area contributed by atoms with Gasteiger partial charge in [-0.2, -0.15) is 5.10 Å². The van der Waals surface area contributed by atoms with Crippen molar-refractivity contribution in [1.82, 2.24) is 30.3 Å². The van der Waals surface area contributed by atoms with Crippen LogP contribution < -0.4 is 10.6 Å². The first-order valence-electron chi connectivity index (χ1n) is 11.4. The molecule has 10 nitrogen and oxygen atoms in total. The number of nitrogens with zero attached hydrogens (tertiary/aromatic N) is 4. The molecule has 35 heavy (non-hydrogen) atoms. The highest BCUT2D eigenvalue weighted by atomic mass is 16.3. The molecule has 2 aliphatic rings. The second kappa shape index (κ2) is 8.08. The summed E-state index contributed by atoms with van der Waals surface area (Å²) in [5.74, 6) is 0.242. The summed E-state index contributed by atoms with van der Waals surface area (Å²) in [6, 6.07) is 14.7. The van der Waals surface area contributed by atoms with Gasteiger partial charge in [0.2, 0.25) is 0 Å². The Kier molecular flexibility index (Phi) is 4.87. The van der Waals surface area contributed by atoms with Crippen molar-refractivity contribution in [3.05, 3.63) is 72.3 Å². The van der Waals surface area contributed by atoms with Crippen LogP contribution in [0.1, 0.15) is 29.0 Å². The van der Waals surface area contributed by atoms with Crippen LogP contribution in [0, 0.1) is 0 Å². The number of hydrogen-bond donors (Lipinski definition) is 2. The van der Waals surface area contributed by atoms with Gasteiger partial charge in [-0.15, -0.1) is 0 Å². The number of carbonyl (C=O) groups excluding carboxylic acids is 3. The van der Waals surface area contributed by atoms with Crippen molar-refractivity contribution in [1.29, 1.82) is 0 Å². The van der Waals surface area contributed by atoms with Gasteiger partial charge in [-0.05, 0) is 31.0 Å². The van der Waals surface area contributed by atoms with Crippen LogP contribution in [-0.4, -0.2) is 56.1 Å². The standard InChI is InChI=1S/C25H22N6O4/c32-22(30-10-8-25(9-11-30)23(33)28-24(34)29-25)18-13-20(16-5-2-1-3-6-16)27-21-19(18)14-26-31(21)15-17-7-4-12-35-17/h1-7,12-14H,8-11,15H2,(H2,28,29,33,34). The monoisotopic (exact) mass is 470 g/mol. The molecule has 0 saturated carbocycles. The van der Waals surface area contributed by atoms with E-state index in [9.17, 15) is 14.4 Å². The number of rotatable bonds is 4. The number of urea groups is 1. The molecule has 0 unspecified atom stereocenters. The zero-order chi connectivity index (χ0) is 24.0. The highest BCUT2D eigenvalue weighted by molar-refractivity contribution is 6.08. The fraction of sp³-hybridized carbons (Fsp3) is 0.240. The van der Waals surface area contributed by atoms with Gasteiger partial charge in [-0.3, -0.25) is 14.9 Å². The van der Waals surface area contributed by atoms with Crippen LogP contribution >= 0.6 is 0 Å². The first-order valence-corrected chi connectivity index (χ1v) is 11.4. The Morgan fingerprint density at radius 2 is 1.89 bits per heavy atom. The van der Waals surface area contributed by atoms with E-state index in [1.54, 1.807) is 28.1 Å². The number of aromatic nitrogens is 3. The number of pyridine rings is 1. The van der Waals surface area contributed by atoms with Crippen LogP contribution in [0.2, 0.25) is 0 Å². The van der Waals surface area contributed by atoms with E-state index < -0.39 is 11.6 Å². The largest absolute Gasteiger partial charge is 0.467 e. The summed E-state index contributed by atoms with van der Waals surface area (Å²) in [4.78, 5) is 44.2. The molecule has 2 aliphatic heterocycles. The van der Waals surface area contributed by atoms with E-state index in [0.717, 1.165) is 11.3 Å². The lowest BCUT2D eigenvalue weighted by Gasteiger charge is -2.37. The normalized spacial score (nSPS) is 17.1. The Hall–Kier alpha value is -4.47. The smallest absolute Gasteiger partial charge is 0.322 e. The minimum Gasteiger partial charge on any atom is -0.467 e. The first-order chi connectivity index (χ1) is 17.0. The number of benzene rings is 1. The number of piperidine rings is 1. The maximum atomic E-state index is 13.7. The van der Waals surface area contributed by atoms with Gasteiger partial charge >= 0.3 is 6.03 Å². The van der Waals surface area contributed by atoms with Crippen LogP contribution in [0.3, 0.4) is 0 Å². The second-order valence-electron chi connectivity index (χ2n) is 8.82. The third-order valence-electron chi connectivity index (χ3n) is 6.71. The van der Waals surface area contributed by atoms with Crippen molar-refractivity contribution in [2.24, 2.45) is 0 Å². The minimum atomic E-state index is -0.940. The number of carbonyl (C=O) groups is 3. The summed E-state index contributed by atoms with van der Waals surface area (Å²) in [6.07, 6.45) is 3.97. The average Bonchev–Trinajstić information content (AvgIpc) is 3.60. The van der Waals surface area contributed by atoms with Crippen LogP contribution in [-0.2, 0) is 11.3 Å². The molecule has 2 saturated heterocycles. The lowest BCUT2D eigenvalue weighted by molar-refractivity contribution is -0.125. The molecule has 2 fully saturated rings. The lowest BCUT2D eigenvalue weighted by atomic mass is 9.87. The molecule has 6 rings (SSSR count). The summed E-state index contributed by atoms with van der Waals surface area (Å²) < 4.78 is 7.20. The molecule has 0 aliphatic carbocycles. The van der Waals surface area contributed by atoms with Crippen LogP contribution in [0.5, 0.6) is 0 Å². The van der Waals surface area contributed by atoms with Gasteiger partial charge in [0.25, 0.3) is 11.8 Å². The van der Waals surface area contributed by atoms with Crippen molar-refractivity contribution >= 4 is 28.9 Å². The van der Waals surface area contributed by atoms with Gasteiger partial charge in [-0.1, -0.05) is 30.3 Å². The lowest BCUT2D eigenvalue weighted by Crippen LogP contribution is -2.55. The average molecular weight is 470 g/mol. The highest BCUT2D eigenvalue weighted by Gasteiger charge is 2.48. The molecular weight excluding hydrogens is 448 g/mol. The van der Waals surface area contributed by atoms with Gasteiger partial charge in [-0.25, -0.2) is 14.5 Å². The molecule has 0 radical (unpaired) electrons. The topological polar surface area (TPSA) is 122 Å². The maximum absolute atomic E-state index is 13.7. The Bertz CT molecular complexity index is 1440. The van der Waals surface area contributed by atoms with Gasteiger partial charge in [0.1, 0.15) is 17.8 Å². The van der Waals surface area contributed by atoms with E-state index in [4.69, 9.17) is 9.40 Å². The van der Waals surface area contributed by atoms with Gasteiger partial charge in [0.15, 0.2) is 5.65 Å². The SMILES string of the molecule is O=C1NC(=O)C2(CCN(C(=O)c3cc(-c4ccccc4)nc4c3cnn4Cc3ccco3)CC2)N1. The Morgan fingerprint density at radius 1 is 1.09 bits per heavy atom. The van der Waals surface area contributed by atoms with E-state index in [2.05, 4.69) is 15.7 Å². The molecule has 0 atom stereocenters. The number of imide groups is 1. The quantitative estimate of drug-likeness (QED) is 0.442. The fourth-order valence-electron chi connectivity index (χ4n) is 4.79. The molecule has 1 spiro atoms. The molecule has 176 valence electrons. The Morgan fingerprint density at radius 3 is 2.57 bits per heavy atom. The summed E-state index contributed by atoms with van der Waals surface area (Å²) in [7, 11) is 0. The van der Waals surface area contributed by atoms with E-state index in [0.29, 0.717) is 54.8 Å². The van der Waals surface area contributed by atoms with Crippen molar-refractivity contribution in [3.63, 3.8) is 0 Å². The summed E-state index contributed by atoms with van der Waals surface area (Å²) in [6.45, 7) is 1.07. The zero-order valence-corrected chi connectivity index (χ0v) is 18.7. The van der Waals surface area contributed by atoms with E-state index >= 15 is 0 Å². The third-order valence-corrected chi connectivity index (χ3v) is 6.71. The molecule has 4 aromatic rings. The number of furan rings is 1. The van der Waals surface area contributed by atoms with Crippen molar-refractivity contribution < 1.29 is 18.8 Å². The third kappa shape index (κ3) is 3.63. The van der Waals surface area contributed by atoms with E-state index in [1.165, 1.54) is 0 Å². The van der Waals surface area contributed by atoms with Crippen LogP contribution in [0.4, 0.5) is 4.79 Å². The molecule has 10 heteroatoms. The van der Waals surface area contributed by atoms with Crippen LogP contribution in [0.25, 0.3) is 22.3 Å². The van der Waals surface area contributed by atoms with E-state index in [-0.39, 0.29) is 11.8 Å². The van der Waals surface area contributed by atoms with Gasteiger partial charge < -0.3 is 14.6 Å². The van der Waals surface area contributed by atoms with E-state index in [1.807, 2.05) is 42.5 Å². The number of amides is 4. The minimum absolute atomic E-state index is 0.160. The molecule has 4 amide bonds. The molecule has 3 aromatic heterocycles. The predicted molar refractivity (Wildman–Crippen MR) is 125 cm³/mol. The number of hydrogen-bond acceptors (Lipinski definition) is 6. The Labute approximate surface area is 199 Å². The molecule has 2 N–H and O–H groups in total. The molecular formula is C25H22N6O4. The number of likely N-dealkylation sites (tertiary alicyclic amines) is 1. The van der Waals surface area contributed by atoms with Crippen molar-refractivity contribution in [2.45, 2.75) is 24.9 Å². The number of nitrogens with one attached hydrogen (secondary N) is 2. The first kappa shape index (κ1) is 21.1. The summed E-state index contributed by atoms with van der Waals surface area (Å²) in [5, 5.41) is 10.2. The number of fused-ring (bicyclic) bond motifs is 1. The second-order valence-corrected chi connectivity index (χ2v) is 8.82. The summed E-state index contributed by atoms with van der Waals surface area (Å²) >= 11 is 0. The summed E-state index contributed by atoms with van der Waals surface area (Å²) in [5.41, 5.74) is 1.69. The van der Waals surface area contributed by atoms with Gasteiger partial charge in [0.05, 0.1) is 29.1 Å². The fourth-order valence-corrected chi connectivity index (χ4v) is 4.79.